The first-order valence-corrected chi connectivity index (χ1v) is 18.0. The van der Waals surface area contributed by atoms with Gasteiger partial charge in [0.05, 0.1) is 12.2 Å². The van der Waals surface area contributed by atoms with E-state index >= 15 is 0 Å². The molecule has 0 radical (unpaired) electrons. The average molecular weight is 527 g/mol. The van der Waals surface area contributed by atoms with Gasteiger partial charge in [0.1, 0.15) is 0 Å². The molecule has 6 aliphatic rings. The smallest absolute Gasteiger partial charge is 0.0602 e. The van der Waals surface area contributed by atoms with Crippen molar-refractivity contribution in [3.8, 4) is 0 Å². The standard InChI is InChI=1S/C36H62O2/c37-35-31(25-13-5-1-6-14-25)21-29(22-32(35)26-15-7-2-8-16-26)30-23-33(27-17-9-3-10-18-27)36(38)34(24-30)28-19-11-4-12-20-28/h25-38H,1-24H2. The van der Waals surface area contributed by atoms with Crippen LogP contribution in [0.3, 0.4) is 0 Å². The third-order valence-corrected chi connectivity index (χ3v) is 13.7. The van der Waals surface area contributed by atoms with Crippen LogP contribution in [0.2, 0.25) is 0 Å². The second-order valence-corrected chi connectivity index (χ2v) is 15.7. The van der Waals surface area contributed by atoms with Crippen molar-refractivity contribution in [3.63, 3.8) is 0 Å². The van der Waals surface area contributed by atoms with Gasteiger partial charge in [0.25, 0.3) is 0 Å². The lowest BCUT2D eigenvalue weighted by atomic mass is 9.54. The van der Waals surface area contributed by atoms with E-state index < -0.39 is 0 Å². The Morgan fingerprint density at radius 1 is 0.263 bits per heavy atom. The molecule has 6 rings (SSSR count). The highest BCUT2D eigenvalue weighted by molar-refractivity contribution is 5.00. The van der Waals surface area contributed by atoms with Gasteiger partial charge < -0.3 is 10.2 Å². The van der Waals surface area contributed by atoms with Gasteiger partial charge in [-0.3, -0.25) is 0 Å². The summed E-state index contributed by atoms with van der Waals surface area (Å²) in [6, 6.07) is 0. The molecule has 2 nitrogen and oxygen atoms in total. The maximum atomic E-state index is 12.0. The van der Waals surface area contributed by atoms with Crippen LogP contribution in [0.1, 0.15) is 154 Å². The van der Waals surface area contributed by atoms with E-state index in [9.17, 15) is 10.2 Å². The molecule has 0 aromatic heterocycles. The summed E-state index contributed by atoms with van der Waals surface area (Å²) in [6.07, 6.45) is 33.1. The van der Waals surface area contributed by atoms with E-state index in [1.54, 1.807) is 0 Å². The maximum Gasteiger partial charge on any atom is 0.0602 e. The zero-order valence-corrected chi connectivity index (χ0v) is 24.8. The first-order chi connectivity index (χ1) is 18.7. The Morgan fingerprint density at radius 2 is 0.474 bits per heavy atom. The van der Waals surface area contributed by atoms with E-state index in [2.05, 4.69) is 0 Å². The van der Waals surface area contributed by atoms with Gasteiger partial charge in [-0.25, -0.2) is 0 Å². The summed E-state index contributed by atoms with van der Waals surface area (Å²) >= 11 is 0. The summed E-state index contributed by atoms with van der Waals surface area (Å²) in [6.45, 7) is 0. The van der Waals surface area contributed by atoms with Crippen molar-refractivity contribution in [2.45, 2.75) is 166 Å². The SMILES string of the molecule is OC1C(C2CCCCC2)CC(C2CC(C3CCCCC3)C(O)C(C3CCCCC3)C2)CC1C1CCCCC1. The Balaban J connectivity index is 1.25. The van der Waals surface area contributed by atoms with Crippen LogP contribution in [0.4, 0.5) is 0 Å². The molecule has 0 spiro atoms. The van der Waals surface area contributed by atoms with Crippen LogP contribution in [-0.4, -0.2) is 22.4 Å². The summed E-state index contributed by atoms with van der Waals surface area (Å²) < 4.78 is 0. The summed E-state index contributed by atoms with van der Waals surface area (Å²) in [5.41, 5.74) is 0. The van der Waals surface area contributed by atoms with Crippen LogP contribution < -0.4 is 0 Å². The minimum atomic E-state index is -0.0325. The highest BCUT2D eigenvalue weighted by Crippen LogP contribution is 2.55. The molecule has 0 bridgehead atoms. The molecule has 0 aromatic rings. The van der Waals surface area contributed by atoms with E-state index in [1.165, 1.54) is 154 Å². The molecule has 2 heteroatoms. The van der Waals surface area contributed by atoms with Crippen LogP contribution in [0.25, 0.3) is 0 Å². The monoisotopic (exact) mass is 526 g/mol. The van der Waals surface area contributed by atoms with Crippen molar-refractivity contribution in [2.24, 2.45) is 59.2 Å². The molecule has 6 aliphatic carbocycles. The molecule has 38 heavy (non-hydrogen) atoms. The number of aliphatic hydroxyl groups excluding tert-OH is 2. The van der Waals surface area contributed by atoms with Crippen molar-refractivity contribution in [2.75, 3.05) is 0 Å². The highest BCUT2D eigenvalue weighted by atomic mass is 16.3. The molecule has 4 unspecified atom stereocenters. The Hall–Kier alpha value is -0.0800. The third-order valence-electron chi connectivity index (χ3n) is 13.7. The molecule has 0 aliphatic heterocycles. The van der Waals surface area contributed by atoms with Crippen LogP contribution in [0, 0.1) is 59.2 Å². The fourth-order valence-electron chi connectivity index (χ4n) is 11.7. The van der Waals surface area contributed by atoms with Gasteiger partial charge in [-0.2, -0.15) is 0 Å². The van der Waals surface area contributed by atoms with Gasteiger partial charge in [-0.15, -0.1) is 0 Å². The Morgan fingerprint density at radius 3 is 0.684 bits per heavy atom. The summed E-state index contributed by atoms with van der Waals surface area (Å²) in [4.78, 5) is 0. The first kappa shape index (κ1) is 28.1. The minimum absolute atomic E-state index is 0.0325. The zero-order chi connectivity index (χ0) is 25.9. The molecule has 218 valence electrons. The predicted octanol–water partition coefficient (Wildman–Crippen LogP) is 9.31. The normalized spacial score (nSPS) is 43.7. The van der Waals surface area contributed by atoms with Crippen molar-refractivity contribution in [1.82, 2.24) is 0 Å². The van der Waals surface area contributed by atoms with Crippen LogP contribution in [-0.2, 0) is 0 Å². The fraction of sp³-hybridized carbons (Fsp3) is 1.00. The molecular weight excluding hydrogens is 464 g/mol. The molecule has 0 aromatic carbocycles. The molecule has 2 N–H and O–H groups in total. The van der Waals surface area contributed by atoms with Crippen LogP contribution >= 0.6 is 0 Å². The van der Waals surface area contributed by atoms with Gasteiger partial charge in [0.2, 0.25) is 0 Å². The Bertz CT molecular complexity index is 580. The summed E-state index contributed by atoms with van der Waals surface area (Å²) in [7, 11) is 0. The second kappa shape index (κ2) is 13.3. The van der Waals surface area contributed by atoms with E-state index in [4.69, 9.17) is 0 Å². The van der Waals surface area contributed by atoms with Crippen molar-refractivity contribution in [3.05, 3.63) is 0 Å². The van der Waals surface area contributed by atoms with Gasteiger partial charge >= 0.3 is 0 Å². The lowest BCUT2D eigenvalue weighted by Crippen LogP contribution is -2.50. The molecule has 4 atom stereocenters. The Labute approximate surface area is 235 Å². The number of hydrogen-bond acceptors (Lipinski definition) is 2. The first-order valence-electron chi connectivity index (χ1n) is 18.0. The van der Waals surface area contributed by atoms with Gasteiger partial charge in [-0.05, 0) is 84.9 Å². The summed E-state index contributed by atoms with van der Waals surface area (Å²) in [5, 5.41) is 23.9. The fourth-order valence-corrected chi connectivity index (χ4v) is 11.7. The van der Waals surface area contributed by atoms with Crippen molar-refractivity contribution in [1.29, 1.82) is 0 Å². The number of hydrogen-bond donors (Lipinski definition) is 2. The van der Waals surface area contributed by atoms with Gasteiger partial charge in [0.15, 0.2) is 0 Å². The van der Waals surface area contributed by atoms with Crippen LogP contribution in [0.5, 0.6) is 0 Å². The van der Waals surface area contributed by atoms with Crippen molar-refractivity contribution >= 4 is 0 Å². The molecule has 0 amide bonds. The lowest BCUT2D eigenvalue weighted by Gasteiger charge is -2.53. The molecule has 0 heterocycles. The maximum absolute atomic E-state index is 12.0. The summed E-state index contributed by atoms with van der Waals surface area (Å²) in [5.74, 6) is 7.00. The molecular formula is C36H62O2. The highest BCUT2D eigenvalue weighted by Gasteiger charge is 2.50. The lowest BCUT2D eigenvalue weighted by molar-refractivity contribution is -0.104. The quantitative estimate of drug-likeness (QED) is 0.375. The van der Waals surface area contributed by atoms with Crippen molar-refractivity contribution < 1.29 is 10.2 Å². The molecule has 0 saturated heterocycles. The van der Waals surface area contributed by atoms with Gasteiger partial charge in [0, 0.05) is 0 Å². The average Bonchev–Trinajstić information content (AvgIpc) is 2.99. The van der Waals surface area contributed by atoms with Crippen LogP contribution in [0.15, 0.2) is 0 Å². The third kappa shape index (κ3) is 6.22. The van der Waals surface area contributed by atoms with E-state index in [1.807, 2.05) is 0 Å². The second-order valence-electron chi connectivity index (χ2n) is 15.7. The number of aliphatic hydroxyl groups is 2. The van der Waals surface area contributed by atoms with E-state index in [0.29, 0.717) is 23.7 Å². The topological polar surface area (TPSA) is 40.5 Å². The zero-order valence-electron chi connectivity index (χ0n) is 24.8. The molecule has 6 saturated carbocycles. The largest absolute Gasteiger partial charge is 0.393 e. The van der Waals surface area contributed by atoms with E-state index in [-0.39, 0.29) is 12.2 Å². The minimum Gasteiger partial charge on any atom is -0.393 e. The Kier molecular flexibility index (Phi) is 9.80. The van der Waals surface area contributed by atoms with Gasteiger partial charge in [-0.1, -0.05) is 128 Å². The van der Waals surface area contributed by atoms with E-state index in [0.717, 1.165) is 35.5 Å². The molecule has 6 fully saturated rings. The predicted molar refractivity (Wildman–Crippen MR) is 158 cm³/mol. The number of rotatable bonds is 5.